The van der Waals surface area contributed by atoms with Crippen LogP contribution in [0.5, 0.6) is 0 Å². The summed E-state index contributed by atoms with van der Waals surface area (Å²) in [7, 11) is 0. The van der Waals surface area contributed by atoms with Gasteiger partial charge < -0.3 is 0 Å². The molecule has 2 saturated carbocycles. The van der Waals surface area contributed by atoms with Crippen LogP contribution < -0.4 is 0 Å². The van der Waals surface area contributed by atoms with Gasteiger partial charge in [0.1, 0.15) is 0 Å². The van der Waals surface area contributed by atoms with E-state index in [2.05, 4.69) is 12.7 Å². The van der Waals surface area contributed by atoms with E-state index in [4.69, 9.17) is 0 Å². The van der Waals surface area contributed by atoms with Crippen molar-refractivity contribution in [2.75, 3.05) is 0 Å². The van der Waals surface area contributed by atoms with Crippen LogP contribution in [0.3, 0.4) is 0 Å². The molecule has 0 amide bonds. The highest BCUT2D eigenvalue weighted by molar-refractivity contribution is 4.85. The Morgan fingerprint density at radius 2 is 1.45 bits per heavy atom. The maximum absolute atomic E-state index is 3.79. The van der Waals surface area contributed by atoms with Crippen molar-refractivity contribution in [1.29, 1.82) is 0 Å². The molecule has 2 rings (SSSR count). The molecule has 2 fully saturated rings. The van der Waals surface area contributed by atoms with Crippen molar-refractivity contribution in [1.82, 2.24) is 0 Å². The van der Waals surface area contributed by atoms with Crippen LogP contribution in [0.4, 0.5) is 0 Å². The van der Waals surface area contributed by atoms with E-state index >= 15 is 0 Å². The van der Waals surface area contributed by atoms with Crippen molar-refractivity contribution in [2.24, 2.45) is 17.8 Å². The second-order valence-electron chi connectivity index (χ2n) is 7.39. The molecule has 20 heavy (non-hydrogen) atoms. The lowest BCUT2D eigenvalue weighted by Crippen LogP contribution is -2.30. The summed E-state index contributed by atoms with van der Waals surface area (Å²) in [5, 5.41) is 0. The van der Waals surface area contributed by atoms with Gasteiger partial charge in [0.15, 0.2) is 0 Å². The molecule has 0 nitrogen and oxygen atoms in total. The van der Waals surface area contributed by atoms with Crippen LogP contribution in [-0.2, 0) is 0 Å². The Morgan fingerprint density at radius 1 is 0.750 bits per heavy atom. The minimum absolute atomic E-state index is 1.11. The van der Waals surface area contributed by atoms with Gasteiger partial charge in [-0.2, -0.15) is 0 Å². The molecule has 3 unspecified atom stereocenters. The van der Waals surface area contributed by atoms with Crippen molar-refractivity contribution < 1.29 is 0 Å². The number of unbranched alkanes of at least 4 members (excludes halogenated alkanes) is 6. The van der Waals surface area contributed by atoms with Crippen LogP contribution in [0.1, 0.15) is 96.3 Å². The van der Waals surface area contributed by atoms with Crippen molar-refractivity contribution in [2.45, 2.75) is 96.3 Å². The third-order valence-electron chi connectivity index (χ3n) is 5.96. The average molecular weight is 277 g/mol. The number of fused-ring (bicyclic) bond motifs is 1. The molecule has 2 aliphatic carbocycles. The molecule has 0 spiro atoms. The van der Waals surface area contributed by atoms with Gasteiger partial charge in [-0.3, -0.25) is 0 Å². The van der Waals surface area contributed by atoms with E-state index in [0.717, 1.165) is 17.8 Å². The van der Waals surface area contributed by atoms with Crippen LogP contribution in [0.25, 0.3) is 0 Å². The molecule has 0 radical (unpaired) electrons. The molecule has 0 heterocycles. The normalized spacial score (nSPS) is 29.9. The first-order valence-corrected chi connectivity index (χ1v) is 9.52. The molecule has 0 aromatic carbocycles. The van der Waals surface area contributed by atoms with Crippen LogP contribution in [0.2, 0.25) is 0 Å². The minimum Gasteiger partial charge on any atom is -0.103 e. The Morgan fingerprint density at radius 3 is 2.30 bits per heavy atom. The molecular formula is C20H36. The summed E-state index contributed by atoms with van der Waals surface area (Å²) in [6, 6.07) is 0. The Balaban J connectivity index is 1.53. The number of hydrogen-bond donors (Lipinski definition) is 0. The van der Waals surface area contributed by atoms with E-state index in [1.165, 1.54) is 64.2 Å². The fourth-order valence-electron chi connectivity index (χ4n) is 4.83. The lowest BCUT2D eigenvalue weighted by Gasteiger charge is -2.41. The van der Waals surface area contributed by atoms with Gasteiger partial charge in [-0.1, -0.05) is 83.1 Å². The zero-order chi connectivity index (χ0) is 14.0. The Hall–Kier alpha value is -0.260. The van der Waals surface area contributed by atoms with Crippen molar-refractivity contribution in [3.63, 3.8) is 0 Å². The van der Waals surface area contributed by atoms with E-state index in [0.29, 0.717) is 0 Å². The number of hydrogen-bond acceptors (Lipinski definition) is 0. The monoisotopic (exact) mass is 276 g/mol. The highest BCUT2D eigenvalue weighted by Gasteiger charge is 2.33. The molecule has 0 aliphatic heterocycles. The van der Waals surface area contributed by atoms with Crippen molar-refractivity contribution >= 4 is 0 Å². The topological polar surface area (TPSA) is 0 Å². The molecule has 0 heteroatoms. The summed E-state index contributed by atoms with van der Waals surface area (Å²) < 4.78 is 0. The van der Waals surface area contributed by atoms with Gasteiger partial charge in [-0.25, -0.2) is 0 Å². The summed E-state index contributed by atoms with van der Waals surface area (Å²) in [5.74, 6) is 3.36. The molecular weight excluding hydrogens is 240 g/mol. The van der Waals surface area contributed by atoms with Crippen LogP contribution >= 0.6 is 0 Å². The van der Waals surface area contributed by atoms with Gasteiger partial charge in [0.25, 0.3) is 0 Å². The molecule has 0 N–H and O–H groups in total. The average Bonchev–Trinajstić information content (AvgIpc) is 2.50. The van der Waals surface area contributed by atoms with E-state index in [1.54, 1.807) is 32.1 Å². The maximum Gasteiger partial charge on any atom is -0.0353 e. The lowest BCUT2D eigenvalue weighted by molar-refractivity contribution is 0.0961. The molecule has 0 aromatic heterocycles. The van der Waals surface area contributed by atoms with Gasteiger partial charge in [0.2, 0.25) is 0 Å². The van der Waals surface area contributed by atoms with E-state index in [9.17, 15) is 0 Å². The summed E-state index contributed by atoms with van der Waals surface area (Å²) >= 11 is 0. The maximum atomic E-state index is 3.79. The lowest BCUT2D eigenvalue weighted by atomic mass is 9.64. The SMILES string of the molecule is C=CCCCCCCCCC1CCCC2CCCCC12. The highest BCUT2D eigenvalue weighted by atomic mass is 14.4. The third kappa shape index (κ3) is 5.26. The van der Waals surface area contributed by atoms with Gasteiger partial charge in [0.05, 0.1) is 0 Å². The smallest absolute Gasteiger partial charge is 0.0353 e. The molecule has 0 bridgehead atoms. The van der Waals surface area contributed by atoms with E-state index < -0.39 is 0 Å². The first-order valence-electron chi connectivity index (χ1n) is 9.52. The van der Waals surface area contributed by atoms with Crippen molar-refractivity contribution in [3.05, 3.63) is 12.7 Å². The zero-order valence-electron chi connectivity index (χ0n) is 13.6. The first-order chi connectivity index (χ1) is 9.92. The number of allylic oxidation sites excluding steroid dienone is 1. The molecule has 0 aromatic rings. The summed E-state index contributed by atoms with van der Waals surface area (Å²) in [6.07, 6.45) is 24.3. The first kappa shape index (κ1) is 16.1. The predicted molar refractivity (Wildman–Crippen MR) is 89.9 cm³/mol. The Labute approximate surface area is 127 Å². The molecule has 116 valence electrons. The minimum atomic E-state index is 1.11. The molecule has 3 atom stereocenters. The van der Waals surface area contributed by atoms with E-state index in [1.807, 2.05) is 0 Å². The van der Waals surface area contributed by atoms with Gasteiger partial charge in [0, 0.05) is 0 Å². The summed E-state index contributed by atoms with van der Waals surface area (Å²) in [4.78, 5) is 0. The van der Waals surface area contributed by atoms with Gasteiger partial charge in [-0.15, -0.1) is 6.58 Å². The molecule has 0 saturated heterocycles. The van der Waals surface area contributed by atoms with Gasteiger partial charge >= 0.3 is 0 Å². The predicted octanol–water partition coefficient (Wildman–Crippen LogP) is 6.90. The van der Waals surface area contributed by atoms with Crippen LogP contribution in [-0.4, -0.2) is 0 Å². The highest BCUT2D eigenvalue weighted by Crippen LogP contribution is 2.45. The largest absolute Gasteiger partial charge is 0.103 e. The fraction of sp³-hybridized carbons (Fsp3) is 0.900. The van der Waals surface area contributed by atoms with E-state index in [-0.39, 0.29) is 0 Å². The van der Waals surface area contributed by atoms with Crippen molar-refractivity contribution in [3.8, 4) is 0 Å². The summed E-state index contributed by atoms with van der Waals surface area (Å²) in [5.41, 5.74) is 0. The standard InChI is InChI=1S/C20H36/c1-2-3-4-5-6-7-8-9-13-18-15-12-16-19-14-10-11-17-20(18)19/h2,18-20H,1,3-17H2. The van der Waals surface area contributed by atoms with Crippen LogP contribution in [0.15, 0.2) is 12.7 Å². The van der Waals surface area contributed by atoms with Gasteiger partial charge in [-0.05, 0) is 37.0 Å². The second-order valence-corrected chi connectivity index (χ2v) is 7.39. The van der Waals surface area contributed by atoms with Crippen LogP contribution in [0, 0.1) is 17.8 Å². The quantitative estimate of drug-likeness (QED) is 0.317. The summed E-state index contributed by atoms with van der Waals surface area (Å²) in [6.45, 7) is 3.79. The molecule has 2 aliphatic rings. The Bertz CT molecular complexity index is 253. The second kappa shape index (κ2) is 9.64. The Kier molecular flexibility index (Phi) is 7.76. The fourth-order valence-corrected chi connectivity index (χ4v) is 4.83. The number of rotatable bonds is 9. The third-order valence-corrected chi connectivity index (χ3v) is 5.96. The zero-order valence-corrected chi connectivity index (χ0v) is 13.6.